The van der Waals surface area contributed by atoms with E-state index in [1.165, 1.54) is 64.2 Å². The third kappa shape index (κ3) is 4.97. The van der Waals surface area contributed by atoms with Crippen molar-refractivity contribution in [2.24, 2.45) is 23.5 Å². The molecular formula is C21H34N4O. The quantitative estimate of drug-likeness (QED) is 0.726. The van der Waals surface area contributed by atoms with Gasteiger partial charge < -0.3 is 16.8 Å². The number of rotatable bonds is 6. The Balaban J connectivity index is 1.63. The van der Waals surface area contributed by atoms with Crippen LogP contribution >= 0.6 is 0 Å². The first kappa shape index (κ1) is 19.2. The molecule has 1 aromatic rings. The van der Waals surface area contributed by atoms with Crippen LogP contribution in [-0.4, -0.2) is 16.9 Å². The molecule has 144 valence electrons. The third-order valence-corrected chi connectivity index (χ3v) is 6.42. The fourth-order valence-corrected chi connectivity index (χ4v) is 5.03. The molecule has 26 heavy (non-hydrogen) atoms. The first-order chi connectivity index (χ1) is 12.6. The SMILES string of the molecule is Nc1ccc(CNC(=O)C(N)C(C2CCCCC2)C2CCCCC2)cn1. The van der Waals surface area contributed by atoms with Gasteiger partial charge in [-0.1, -0.05) is 70.3 Å². The molecule has 3 rings (SSSR count). The minimum Gasteiger partial charge on any atom is -0.384 e. The van der Waals surface area contributed by atoms with E-state index in [0.717, 1.165) is 5.56 Å². The number of carbonyl (C=O) groups excluding carboxylic acids is 1. The summed E-state index contributed by atoms with van der Waals surface area (Å²) in [5, 5.41) is 3.03. The topological polar surface area (TPSA) is 94.0 Å². The van der Waals surface area contributed by atoms with Gasteiger partial charge in [-0.15, -0.1) is 0 Å². The third-order valence-electron chi connectivity index (χ3n) is 6.42. The summed E-state index contributed by atoms with van der Waals surface area (Å²) in [7, 11) is 0. The van der Waals surface area contributed by atoms with Gasteiger partial charge in [-0.3, -0.25) is 4.79 Å². The highest BCUT2D eigenvalue weighted by molar-refractivity contribution is 5.81. The minimum atomic E-state index is -0.400. The number of nitrogens with zero attached hydrogens (tertiary/aromatic N) is 1. The lowest BCUT2D eigenvalue weighted by Gasteiger charge is -2.40. The molecule has 0 aromatic carbocycles. The van der Waals surface area contributed by atoms with Crippen molar-refractivity contribution in [2.75, 3.05) is 5.73 Å². The molecule has 1 heterocycles. The van der Waals surface area contributed by atoms with Crippen molar-refractivity contribution in [3.8, 4) is 0 Å². The molecule has 1 aromatic heterocycles. The van der Waals surface area contributed by atoms with Crippen LogP contribution in [0.3, 0.4) is 0 Å². The molecule has 5 N–H and O–H groups in total. The van der Waals surface area contributed by atoms with Gasteiger partial charge in [0, 0.05) is 12.7 Å². The minimum absolute atomic E-state index is 0.0111. The Hall–Kier alpha value is -1.62. The normalized spacial score (nSPS) is 20.8. The molecule has 1 amide bonds. The Labute approximate surface area is 157 Å². The smallest absolute Gasteiger partial charge is 0.237 e. The van der Waals surface area contributed by atoms with Gasteiger partial charge in [-0.2, -0.15) is 0 Å². The Morgan fingerprint density at radius 1 is 1.04 bits per heavy atom. The maximum Gasteiger partial charge on any atom is 0.237 e. The Morgan fingerprint density at radius 2 is 1.62 bits per heavy atom. The Bertz CT molecular complexity index is 544. The second-order valence-electron chi connectivity index (χ2n) is 8.21. The van der Waals surface area contributed by atoms with Crippen molar-refractivity contribution >= 4 is 11.7 Å². The van der Waals surface area contributed by atoms with E-state index in [-0.39, 0.29) is 5.91 Å². The molecule has 5 heteroatoms. The summed E-state index contributed by atoms with van der Waals surface area (Å²) < 4.78 is 0. The van der Waals surface area contributed by atoms with E-state index in [4.69, 9.17) is 11.5 Å². The number of pyridine rings is 1. The summed E-state index contributed by atoms with van der Waals surface area (Å²) in [5.41, 5.74) is 13.1. The lowest BCUT2D eigenvalue weighted by Crippen LogP contribution is -2.50. The largest absolute Gasteiger partial charge is 0.384 e. The van der Waals surface area contributed by atoms with Gasteiger partial charge in [0.25, 0.3) is 0 Å². The zero-order chi connectivity index (χ0) is 18.4. The van der Waals surface area contributed by atoms with E-state index in [0.29, 0.717) is 30.1 Å². The molecule has 0 bridgehead atoms. The second-order valence-corrected chi connectivity index (χ2v) is 8.21. The average molecular weight is 359 g/mol. The number of nitrogens with two attached hydrogens (primary N) is 2. The van der Waals surface area contributed by atoms with Gasteiger partial charge in [0.15, 0.2) is 0 Å². The molecule has 2 aliphatic carbocycles. The molecule has 0 saturated heterocycles. The highest BCUT2D eigenvalue weighted by Gasteiger charge is 2.38. The van der Waals surface area contributed by atoms with E-state index in [9.17, 15) is 4.79 Å². The number of carbonyl (C=O) groups is 1. The number of anilines is 1. The average Bonchev–Trinajstić information content (AvgIpc) is 2.69. The molecule has 0 spiro atoms. The van der Waals surface area contributed by atoms with E-state index < -0.39 is 6.04 Å². The summed E-state index contributed by atoms with van der Waals surface area (Å²) in [6, 6.07) is 3.25. The van der Waals surface area contributed by atoms with Crippen LogP contribution in [-0.2, 0) is 11.3 Å². The molecule has 2 aliphatic rings. The lowest BCUT2D eigenvalue weighted by atomic mass is 9.66. The second kappa shape index (κ2) is 9.36. The molecule has 1 atom stereocenters. The van der Waals surface area contributed by atoms with Crippen LogP contribution in [0.2, 0.25) is 0 Å². The van der Waals surface area contributed by atoms with Gasteiger partial charge in [-0.25, -0.2) is 4.98 Å². The molecule has 0 radical (unpaired) electrons. The molecule has 2 fully saturated rings. The van der Waals surface area contributed by atoms with E-state index in [1.54, 1.807) is 12.3 Å². The van der Waals surface area contributed by atoms with Gasteiger partial charge in [0.1, 0.15) is 5.82 Å². The standard InChI is InChI=1S/C21H34N4O/c22-18-12-11-15(13-24-18)14-25-21(26)20(23)19(16-7-3-1-4-8-16)17-9-5-2-6-10-17/h11-13,16-17,19-20H,1-10,14,23H2,(H2,22,24)(H,25,26). The number of hydrogen-bond acceptors (Lipinski definition) is 4. The molecule has 5 nitrogen and oxygen atoms in total. The van der Waals surface area contributed by atoms with Crippen molar-refractivity contribution in [3.05, 3.63) is 23.9 Å². The zero-order valence-corrected chi connectivity index (χ0v) is 15.8. The van der Waals surface area contributed by atoms with E-state index in [2.05, 4.69) is 10.3 Å². The van der Waals surface area contributed by atoms with E-state index in [1.807, 2.05) is 6.07 Å². The van der Waals surface area contributed by atoms with Crippen molar-refractivity contribution in [3.63, 3.8) is 0 Å². The summed E-state index contributed by atoms with van der Waals surface area (Å²) in [6.45, 7) is 0.460. The maximum atomic E-state index is 12.8. The number of hydrogen-bond donors (Lipinski definition) is 3. The van der Waals surface area contributed by atoms with Crippen LogP contribution in [0.1, 0.15) is 69.8 Å². The predicted octanol–water partition coefficient (Wildman–Crippen LogP) is 3.38. The molecule has 0 aliphatic heterocycles. The summed E-state index contributed by atoms with van der Waals surface area (Å²) >= 11 is 0. The number of nitrogens with one attached hydrogen (secondary N) is 1. The number of nitrogen functional groups attached to an aromatic ring is 1. The van der Waals surface area contributed by atoms with Crippen LogP contribution in [0, 0.1) is 17.8 Å². The first-order valence-corrected chi connectivity index (χ1v) is 10.4. The Morgan fingerprint density at radius 3 is 2.12 bits per heavy atom. The predicted molar refractivity (Wildman–Crippen MR) is 105 cm³/mol. The molecular weight excluding hydrogens is 324 g/mol. The number of aromatic nitrogens is 1. The van der Waals surface area contributed by atoms with Gasteiger partial charge in [0.05, 0.1) is 6.04 Å². The maximum absolute atomic E-state index is 12.8. The summed E-state index contributed by atoms with van der Waals surface area (Å²) in [6.07, 6.45) is 14.5. The van der Waals surface area contributed by atoms with Crippen LogP contribution in [0.4, 0.5) is 5.82 Å². The van der Waals surface area contributed by atoms with Crippen LogP contribution in [0.15, 0.2) is 18.3 Å². The van der Waals surface area contributed by atoms with Crippen molar-refractivity contribution in [2.45, 2.75) is 76.8 Å². The summed E-state index contributed by atoms with van der Waals surface area (Å²) in [5.74, 6) is 2.05. The van der Waals surface area contributed by atoms with Crippen molar-refractivity contribution in [1.29, 1.82) is 0 Å². The number of amides is 1. The van der Waals surface area contributed by atoms with Gasteiger partial charge >= 0.3 is 0 Å². The highest BCUT2D eigenvalue weighted by Crippen LogP contribution is 2.41. The molecule has 2 saturated carbocycles. The first-order valence-electron chi connectivity index (χ1n) is 10.4. The highest BCUT2D eigenvalue weighted by atomic mass is 16.2. The van der Waals surface area contributed by atoms with Gasteiger partial charge in [0.2, 0.25) is 5.91 Å². The van der Waals surface area contributed by atoms with Gasteiger partial charge in [-0.05, 0) is 29.4 Å². The fraction of sp³-hybridized carbons (Fsp3) is 0.714. The fourth-order valence-electron chi connectivity index (χ4n) is 5.03. The van der Waals surface area contributed by atoms with Crippen LogP contribution < -0.4 is 16.8 Å². The van der Waals surface area contributed by atoms with Crippen LogP contribution in [0.5, 0.6) is 0 Å². The van der Waals surface area contributed by atoms with Crippen molar-refractivity contribution < 1.29 is 4.79 Å². The molecule has 1 unspecified atom stereocenters. The lowest BCUT2D eigenvalue weighted by molar-refractivity contribution is -0.125. The monoisotopic (exact) mass is 358 g/mol. The zero-order valence-electron chi connectivity index (χ0n) is 15.8. The summed E-state index contributed by atoms with van der Waals surface area (Å²) in [4.78, 5) is 16.9. The van der Waals surface area contributed by atoms with Crippen molar-refractivity contribution in [1.82, 2.24) is 10.3 Å². The van der Waals surface area contributed by atoms with Crippen LogP contribution in [0.25, 0.3) is 0 Å². The van der Waals surface area contributed by atoms with E-state index >= 15 is 0 Å². The Kier molecular flexibility index (Phi) is 6.89.